The van der Waals surface area contributed by atoms with E-state index in [1.165, 1.54) is 11.8 Å². The molecule has 0 fully saturated rings. The Hall–Kier alpha value is -2.38. The highest BCUT2D eigenvalue weighted by Gasteiger charge is 2.12. The lowest BCUT2D eigenvalue weighted by atomic mass is 10.3. The van der Waals surface area contributed by atoms with Crippen LogP contribution in [0.4, 0.5) is 0 Å². The zero-order valence-electron chi connectivity index (χ0n) is 11.8. The molecule has 0 aliphatic carbocycles. The smallest absolute Gasteiger partial charge is 0.257 e. The van der Waals surface area contributed by atoms with E-state index >= 15 is 0 Å². The molecular formula is C15H10ClN5OS. The van der Waals surface area contributed by atoms with Gasteiger partial charge in [0.2, 0.25) is 0 Å². The second-order valence-corrected chi connectivity index (χ2v) is 6.09. The van der Waals surface area contributed by atoms with Gasteiger partial charge < -0.3 is 4.42 Å². The fraction of sp³-hybridized carbons (Fsp3) is 0.0667. The maximum absolute atomic E-state index is 5.96. The third kappa shape index (κ3) is 2.93. The van der Waals surface area contributed by atoms with E-state index in [2.05, 4.69) is 20.5 Å². The molecule has 0 spiro atoms. The molecule has 0 aliphatic rings. The molecule has 4 aromatic rings. The molecule has 0 atom stereocenters. The molecule has 2 heterocycles. The Labute approximate surface area is 140 Å². The van der Waals surface area contributed by atoms with Crippen molar-refractivity contribution in [2.75, 3.05) is 0 Å². The lowest BCUT2D eigenvalue weighted by molar-refractivity contribution is 0.489. The van der Waals surface area contributed by atoms with E-state index in [9.17, 15) is 0 Å². The summed E-state index contributed by atoms with van der Waals surface area (Å²) in [5.74, 6) is 1.27. The van der Waals surface area contributed by atoms with E-state index in [1.54, 1.807) is 16.8 Å². The minimum Gasteiger partial charge on any atom is -0.431 e. The lowest BCUT2D eigenvalue weighted by Crippen LogP contribution is -2.01. The van der Waals surface area contributed by atoms with Crippen molar-refractivity contribution in [3.63, 3.8) is 0 Å². The first-order chi connectivity index (χ1) is 11.3. The molecule has 0 saturated heterocycles. The zero-order chi connectivity index (χ0) is 15.6. The van der Waals surface area contributed by atoms with Crippen LogP contribution in [0.3, 0.4) is 0 Å². The van der Waals surface area contributed by atoms with Gasteiger partial charge >= 0.3 is 0 Å². The summed E-state index contributed by atoms with van der Waals surface area (Å²) in [6, 6.07) is 15.1. The predicted octanol–water partition coefficient (Wildman–Crippen LogP) is 3.75. The van der Waals surface area contributed by atoms with Crippen LogP contribution in [0.25, 0.3) is 16.8 Å². The number of nitrogens with zero attached hydrogens (tertiary/aromatic N) is 5. The molecule has 0 aliphatic heterocycles. The maximum atomic E-state index is 5.96. The highest BCUT2D eigenvalue weighted by atomic mass is 35.5. The van der Waals surface area contributed by atoms with Crippen LogP contribution in [0.5, 0.6) is 0 Å². The monoisotopic (exact) mass is 343 g/mol. The van der Waals surface area contributed by atoms with Crippen molar-refractivity contribution in [2.45, 2.75) is 11.0 Å². The predicted molar refractivity (Wildman–Crippen MR) is 87.7 cm³/mol. The summed E-state index contributed by atoms with van der Waals surface area (Å²) in [6.45, 7) is 0. The highest BCUT2D eigenvalue weighted by molar-refractivity contribution is 7.98. The summed E-state index contributed by atoms with van der Waals surface area (Å²) < 4.78 is 7.38. The molecular weight excluding hydrogens is 334 g/mol. The fourth-order valence-corrected chi connectivity index (χ4v) is 3.04. The van der Waals surface area contributed by atoms with Crippen molar-refractivity contribution >= 4 is 34.5 Å². The van der Waals surface area contributed by atoms with Crippen molar-refractivity contribution < 1.29 is 4.42 Å². The first-order valence-corrected chi connectivity index (χ1v) is 8.17. The van der Waals surface area contributed by atoms with E-state index in [4.69, 9.17) is 16.0 Å². The topological polar surface area (TPSA) is 69.6 Å². The maximum Gasteiger partial charge on any atom is 0.257 e. The first kappa shape index (κ1) is 14.2. The number of tetrazole rings is 1. The number of hydrogen-bond donors (Lipinski definition) is 0. The van der Waals surface area contributed by atoms with Crippen LogP contribution in [0.1, 0.15) is 5.82 Å². The van der Waals surface area contributed by atoms with Gasteiger partial charge in [0, 0.05) is 5.02 Å². The number of thioether (sulfide) groups is 1. The third-order valence-corrected chi connectivity index (χ3v) is 4.25. The van der Waals surface area contributed by atoms with E-state index < -0.39 is 0 Å². The lowest BCUT2D eigenvalue weighted by Gasteiger charge is -2.02. The van der Waals surface area contributed by atoms with Crippen LogP contribution in [-0.2, 0) is 5.75 Å². The summed E-state index contributed by atoms with van der Waals surface area (Å²) in [5, 5.41) is 13.0. The first-order valence-electron chi connectivity index (χ1n) is 6.81. The molecule has 2 aromatic carbocycles. The molecule has 0 saturated carbocycles. The molecule has 4 rings (SSSR count). The molecule has 8 heteroatoms. The quantitative estimate of drug-likeness (QED) is 0.526. The number of para-hydroxylation sites is 1. The third-order valence-electron chi connectivity index (χ3n) is 3.19. The Balaban J connectivity index is 1.56. The molecule has 0 radical (unpaired) electrons. The average Bonchev–Trinajstić information content (AvgIpc) is 3.19. The summed E-state index contributed by atoms with van der Waals surface area (Å²) in [6.07, 6.45) is 0. The van der Waals surface area contributed by atoms with Crippen LogP contribution in [-0.4, -0.2) is 25.2 Å². The van der Waals surface area contributed by atoms with Crippen molar-refractivity contribution in [3.05, 3.63) is 59.4 Å². The summed E-state index contributed by atoms with van der Waals surface area (Å²) in [7, 11) is 0. The van der Waals surface area contributed by atoms with Crippen molar-refractivity contribution in [1.82, 2.24) is 25.2 Å². The number of oxazole rings is 1. The second-order valence-electron chi connectivity index (χ2n) is 4.72. The minimum atomic E-state index is 0.544. The standard InChI is InChI=1S/C15H10ClN5OS/c16-10-6-7-13-12(8-10)17-15(22-13)23-9-14-18-19-20-21(14)11-4-2-1-3-5-11/h1-8H,9H2. The van der Waals surface area contributed by atoms with Gasteiger partial charge in [-0.3, -0.25) is 0 Å². The van der Waals surface area contributed by atoms with Crippen LogP contribution in [0, 0.1) is 0 Å². The number of benzene rings is 2. The zero-order valence-corrected chi connectivity index (χ0v) is 13.3. The average molecular weight is 344 g/mol. The summed E-state index contributed by atoms with van der Waals surface area (Å²) in [4.78, 5) is 4.41. The Morgan fingerprint density at radius 2 is 2.00 bits per heavy atom. The van der Waals surface area contributed by atoms with Crippen LogP contribution in [0.2, 0.25) is 5.02 Å². The van der Waals surface area contributed by atoms with Gasteiger partial charge in [0.05, 0.1) is 11.4 Å². The van der Waals surface area contributed by atoms with Crippen LogP contribution >= 0.6 is 23.4 Å². The van der Waals surface area contributed by atoms with Gasteiger partial charge in [-0.05, 0) is 40.8 Å². The second kappa shape index (κ2) is 6.02. The number of hydrogen-bond acceptors (Lipinski definition) is 6. The van der Waals surface area contributed by atoms with Gasteiger partial charge in [-0.25, -0.2) is 4.98 Å². The Bertz CT molecular complexity index is 953. The number of fused-ring (bicyclic) bond motifs is 1. The number of halogens is 1. The Morgan fingerprint density at radius 1 is 1.13 bits per heavy atom. The highest BCUT2D eigenvalue weighted by Crippen LogP contribution is 2.27. The van der Waals surface area contributed by atoms with Gasteiger partial charge in [0.25, 0.3) is 5.22 Å². The molecule has 23 heavy (non-hydrogen) atoms. The largest absolute Gasteiger partial charge is 0.431 e. The van der Waals surface area contributed by atoms with Crippen LogP contribution in [0.15, 0.2) is 58.2 Å². The normalized spacial score (nSPS) is 11.2. The van der Waals surface area contributed by atoms with Gasteiger partial charge in [-0.15, -0.1) is 5.10 Å². The minimum absolute atomic E-state index is 0.544. The molecule has 0 bridgehead atoms. The SMILES string of the molecule is Clc1ccc2oc(SCc3nnnn3-c3ccccc3)nc2c1. The molecule has 114 valence electrons. The fourth-order valence-electron chi connectivity index (χ4n) is 2.13. The molecule has 0 N–H and O–H groups in total. The van der Waals surface area contributed by atoms with Gasteiger partial charge in [0.1, 0.15) is 5.52 Å². The molecule has 0 amide bonds. The molecule has 0 unspecified atom stereocenters. The number of aromatic nitrogens is 5. The van der Waals surface area contributed by atoms with E-state index in [0.717, 1.165) is 17.0 Å². The van der Waals surface area contributed by atoms with E-state index in [0.29, 0.717) is 21.6 Å². The van der Waals surface area contributed by atoms with Gasteiger partial charge in [-0.1, -0.05) is 41.6 Å². The van der Waals surface area contributed by atoms with Crippen molar-refractivity contribution in [1.29, 1.82) is 0 Å². The van der Waals surface area contributed by atoms with Crippen LogP contribution < -0.4 is 0 Å². The van der Waals surface area contributed by atoms with Gasteiger partial charge in [0.15, 0.2) is 11.4 Å². The summed E-state index contributed by atoms with van der Waals surface area (Å²) >= 11 is 7.39. The van der Waals surface area contributed by atoms with Crippen molar-refractivity contribution in [3.8, 4) is 5.69 Å². The number of rotatable bonds is 4. The Kier molecular flexibility index (Phi) is 3.72. The summed E-state index contributed by atoms with van der Waals surface area (Å²) in [5.41, 5.74) is 2.36. The molecule has 6 nitrogen and oxygen atoms in total. The molecule has 2 aromatic heterocycles. The van der Waals surface area contributed by atoms with E-state index in [1.807, 2.05) is 36.4 Å². The van der Waals surface area contributed by atoms with Crippen molar-refractivity contribution in [2.24, 2.45) is 0 Å². The Morgan fingerprint density at radius 3 is 2.87 bits per heavy atom. The van der Waals surface area contributed by atoms with E-state index in [-0.39, 0.29) is 0 Å². The van der Waals surface area contributed by atoms with Gasteiger partial charge in [-0.2, -0.15) is 4.68 Å².